The van der Waals surface area contributed by atoms with Crippen LogP contribution in [0.15, 0.2) is 54.7 Å². The lowest BCUT2D eigenvalue weighted by atomic mass is 10.1. The van der Waals surface area contributed by atoms with Gasteiger partial charge in [-0.25, -0.2) is 4.98 Å². The van der Waals surface area contributed by atoms with Gasteiger partial charge in [-0.2, -0.15) is 0 Å². The van der Waals surface area contributed by atoms with Gasteiger partial charge in [0.25, 0.3) is 0 Å². The Bertz CT molecular complexity index is 1010. The Morgan fingerprint density at radius 1 is 1.00 bits per heavy atom. The number of benzene rings is 2. The maximum absolute atomic E-state index is 6.04. The summed E-state index contributed by atoms with van der Waals surface area (Å²) in [6.07, 6.45) is 2.15. The third-order valence-electron chi connectivity index (χ3n) is 4.07. The van der Waals surface area contributed by atoms with Crippen LogP contribution in [0, 0.1) is 6.92 Å². The van der Waals surface area contributed by atoms with Crippen LogP contribution >= 0.6 is 11.6 Å². The molecule has 0 aliphatic rings. The van der Waals surface area contributed by atoms with Crippen molar-refractivity contribution in [3.05, 3.63) is 65.3 Å². The van der Waals surface area contributed by atoms with E-state index in [0.717, 1.165) is 27.2 Å². The summed E-state index contributed by atoms with van der Waals surface area (Å²) in [5, 5.41) is 3.04. The van der Waals surface area contributed by atoms with Crippen molar-refractivity contribution in [2.75, 3.05) is 0 Å². The van der Waals surface area contributed by atoms with Crippen LogP contribution in [-0.4, -0.2) is 9.55 Å². The summed E-state index contributed by atoms with van der Waals surface area (Å²) in [7, 11) is 2.07. The van der Waals surface area contributed by atoms with Gasteiger partial charge in [0.2, 0.25) is 0 Å². The van der Waals surface area contributed by atoms with Gasteiger partial charge in [-0.3, -0.25) is 0 Å². The van der Waals surface area contributed by atoms with Gasteiger partial charge in [-0.15, -0.1) is 0 Å². The van der Waals surface area contributed by atoms with Crippen molar-refractivity contribution in [3.8, 4) is 11.3 Å². The third kappa shape index (κ3) is 2.08. The Morgan fingerprint density at radius 2 is 1.86 bits per heavy atom. The molecule has 4 aromatic rings. The number of aryl methyl sites for hydroxylation is 2. The van der Waals surface area contributed by atoms with Crippen molar-refractivity contribution >= 4 is 33.4 Å². The molecule has 4 rings (SSSR count). The van der Waals surface area contributed by atoms with E-state index in [2.05, 4.69) is 55.1 Å². The van der Waals surface area contributed by atoms with Crippen molar-refractivity contribution in [3.63, 3.8) is 0 Å². The normalized spacial score (nSPS) is 11.4. The Kier molecular flexibility index (Phi) is 2.95. The molecule has 0 aliphatic heterocycles. The predicted octanol–water partition coefficient (Wildman–Crippen LogP) is 5.36. The van der Waals surface area contributed by atoms with E-state index in [0.29, 0.717) is 0 Å². The molecule has 0 radical (unpaired) electrons. The van der Waals surface area contributed by atoms with E-state index in [-0.39, 0.29) is 0 Å². The van der Waals surface area contributed by atoms with Crippen LogP contribution in [0.25, 0.3) is 33.1 Å². The first-order valence-electron chi connectivity index (χ1n) is 7.24. The number of hydrogen-bond acceptors (Lipinski definition) is 1. The molecule has 0 saturated heterocycles. The average Bonchev–Trinajstić information content (AvgIpc) is 2.83. The van der Waals surface area contributed by atoms with Gasteiger partial charge < -0.3 is 4.57 Å². The molecule has 0 spiro atoms. The standard InChI is InChI=1S/C19H15ClN2/c1-12-3-8-19-15(9-12)16(11-22(19)2)18-6-4-13-10-14(20)5-7-17(13)21-18/h3-11H,1-2H3. The van der Waals surface area contributed by atoms with Crippen molar-refractivity contribution in [1.82, 2.24) is 9.55 Å². The van der Waals surface area contributed by atoms with Gasteiger partial charge in [0.1, 0.15) is 0 Å². The van der Waals surface area contributed by atoms with E-state index in [4.69, 9.17) is 16.6 Å². The lowest BCUT2D eigenvalue weighted by Gasteiger charge is -2.03. The molecule has 0 atom stereocenters. The lowest BCUT2D eigenvalue weighted by molar-refractivity contribution is 0.969. The topological polar surface area (TPSA) is 17.8 Å². The minimum atomic E-state index is 0.739. The molecular formula is C19H15ClN2. The molecule has 0 fully saturated rings. The van der Waals surface area contributed by atoms with Gasteiger partial charge in [-0.1, -0.05) is 29.3 Å². The number of aromatic nitrogens is 2. The minimum absolute atomic E-state index is 0.739. The molecule has 2 aromatic carbocycles. The first-order valence-corrected chi connectivity index (χ1v) is 7.62. The molecule has 2 heterocycles. The van der Waals surface area contributed by atoms with E-state index >= 15 is 0 Å². The second-order valence-electron chi connectivity index (χ2n) is 5.71. The molecule has 108 valence electrons. The smallest absolute Gasteiger partial charge is 0.0731 e. The maximum Gasteiger partial charge on any atom is 0.0731 e. The van der Waals surface area contributed by atoms with Gasteiger partial charge in [0, 0.05) is 40.1 Å². The summed E-state index contributed by atoms with van der Waals surface area (Å²) in [5.74, 6) is 0. The summed E-state index contributed by atoms with van der Waals surface area (Å²) >= 11 is 6.04. The Morgan fingerprint density at radius 3 is 2.73 bits per heavy atom. The van der Waals surface area contributed by atoms with Crippen molar-refractivity contribution in [1.29, 1.82) is 0 Å². The maximum atomic E-state index is 6.04. The second kappa shape index (κ2) is 4.85. The van der Waals surface area contributed by atoms with Crippen molar-refractivity contribution in [2.24, 2.45) is 7.05 Å². The molecule has 0 amide bonds. The highest BCUT2D eigenvalue weighted by molar-refractivity contribution is 6.31. The number of halogens is 1. The number of hydrogen-bond donors (Lipinski definition) is 0. The Hall–Kier alpha value is -2.32. The molecule has 2 aromatic heterocycles. The summed E-state index contributed by atoms with van der Waals surface area (Å²) in [5.41, 5.74) is 5.60. The monoisotopic (exact) mass is 306 g/mol. The third-order valence-corrected chi connectivity index (χ3v) is 4.31. The summed E-state index contributed by atoms with van der Waals surface area (Å²) in [6, 6.07) is 16.5. The largest absolute Gasteiger partial charge is 0.350 e. The van der Waals surface area contributed by atoms with Gasteiger partial charge >= 0.3 is 0 Å². The van der Waals surface area contributed by atoms with Crippen LogP contribution in [0.3, 0.4) is 0 Å². The zero-order chi connectivity index (χ0) is 15.3. The van der Waals surface area contributed by atoms with E-state index in [1.165, 1.54) is 16.5 Å². The molecule has 0 aliphatic carbocycles. The van der Waals surface area contributed by atoms with Crippen LogP contribution in [0.1, 0.15) is 5.56 Å². The summed E-state index contributed by atoms with van der Waals surface area (Å²) in [4.78, 5) is 4.81. The minimum Gasteiger partial charge on any atom is -0.350 e. The van der Waals surface area contributed by atoms with Crippen molar-refractivity contribution < 1.29 is 0 Å². The highest BCUT2D eigenvalue weighted by Gasteiger charge is 2.10. The van der Waals surface area contributed by atoms with Crippen LogP contribution in [0.2, 0.25) is 5.02 Å². The van der Waals surface area contributed by atoms with Crippen LogP contribution < -0.4 is 0 Å². The van der Waals surface area contributed by atoms with Gasteiger partial charge in [0.05, 0.1) is 11.2 Å². The highest BCUT2D eigenvalue weighted by Crippen LogP contribution is 2.31. The number of nitrogens with zero attached hydrogens (tertiary/aromatic N) is 2. The number of rotatable bonds is 1. The van der Waals surface area contributed by atoms with Crippen molar-refractivity contribution in [2.45, 2.75) is 6.92 Å². The van der Waals surface area contributed by atoms with Crippen LogP contribution in [-0.2, 0) is 7.05 Å². The number of pyridine rings is 1. The fraction of sp³-hybridized carbons (Fsp3) is 0.105. The first kappa shape index (κ1) is 13.4. The van der Waals surface area contributed by atoms with Gasteiger partial charge in [-0.05, 0) is 43.3 Å². The highest BCUT2D eigenvalue weighted by atomic mass is 35.5. The molecular weight excluding hydrogens is 292 g/mol. The average molecular weight is 307 g/mol. The zero-order valence-corrected chi connectivity index (χ0v) is 13.2. The fourth-order valence-corrected chi connectivity index (χ4v) is 3.14. The van der Waals surface area contributed by atoms with E-state index in [9.17, 15) is 0 Å². The first-order chi connectivity index (χ1) is 10.6. The zero-order valence-electron chi connectivity index (χ0n) is 12.5. The Labute approximate surface area is 134 Å². The van der Waals surface area contributed by atoms with Gasteiger partial charge in [0.15, 0.2) is 0 Å². The van der Waals surface area contributed by atoms with E-state index in [1.54, 1.807) is 0 Å². The molecule has 0 unspecified atom stereocenters. The molecule has 0 saturated carbocycles. The molecule has 3 heteroatoms. The molecule has 0 N–H and O–H groups in total. The summed E-state index contributed by atoms with van der Waals surface area (Å²) in [6.45, 7) is 2.12. The Balaban J connectivity index is 1.98. The number of fused-ring (bicyclic) bond motifs is 2. The van der Waals surface area contributed by atoms with E-state index < -0.39 is 0 Å². The predicted molar refractivity (Wildman–Crippen MR) is 93.4 cm³/mol. The molecule has 0 bridgehead atoms. The van der Waals surface area contributed by atoms with Crippen LogP contribution in [0.4, 0.5) is 0 Å². The second-order valence-corrected chi connectivity index (χ2v) is 6.14. The van der Waals surface area contributed by atoms with E-state index in [1.807, 2.05) is 18.2 Å². The lowest BCUT2D eigenvalue weighted by Crippen LogP contribution is -1.85. The molecule has 22 heavy (non-hydrogen) atoms. The molecule has 2 nitrogen and oxygen atoms in total. The SMILES string of the molecule is Cc1ccc2c(c1)c(-c1ccc3cc(Cl)ccc3n1)cn2C. The summed E-state index contributed by atoms with van der Waals surface area (Å²) < 4.78 is 2.15. The van der Waals surface area contributed by atoms with Crippen LogP contribution in [0.5, 0.6) is 0 Å². The fourth-order valence-electron chi connectivity index (χ4n) is 2.96. The quantitative estimate of drug-likeness (QED) is 0.463.